The van der Waals surface area contributed by atoms with Crippen molar-refractivity contribution in [1.82, 2.24) is 4.90 Å². The third-order valence-electron chi connectivity index (χ3n) is 3.82. The lowest BCUT2D eigenvalue weighted by atomic mass is 10.1. The molecule has 100 valence electrons. The normalized spacial score (nSPS) is 20.9. The van der Waals surface area contributed by atoms with Crippen molar-refractivity contribution in [2.45, 2.75) is 77.7 Å². The van der Waals surface area contributed by atoms with Crippen molar-refractivity contribution in [2.75, 3.05) is 13.1 Å². The molecule has 0 radical (unpaired) electrons. The summed E-state index contributed by atoms with van der Waals surface area (Å²) in [6, 6.07) is 0.558. The molecular weight excluding hydrogens is 210 g/mol. The van der Waals surface area contributed by atoms with Crippen LogP contribution in [-0.2, 0) is 4.79 Å². The van der Waals surface area contributed by atoms with Crippen LogP contribution >= 0.6 is 0 Å². The average molecular weight is 239 g/mol. The van der Waals surface area contributed by atoms with E-state index in [1.807, 2.05) is 0 Å². The van der Waals surface area contributed by atoms with Crippen molar-refractivity contribution < 1.29 is 4.79 Å². The number of unbranched alkanes of at least 4 members (excludes halogenated alkanes) is 5. The second kappa shape index (κ2) is 8.68. The fourth-order valence-electron chi connectivity index (χ4n) is 2.85. The molecule has 0 amide bonds. The number of carbonyl (C=O) groups excluding carboxylic acids is 1. The molecule has 0 saturated carbocycles. The van der Waals surface area contributed by atoms with Crippen molar-refractivity contribution in [3.05, 3.63) is 0 Å². The van der Waals surface area contributed by atoms with Gasteiger partial charge < -0.3 is 0 Å². The molecule has 0 N–H and O–H groups in total. The predicted octanol–water partition coefficient (Wildman–Crippen LogP) is 3.79. The van der Waals surface area contributed by atoms with Gasteiger partial charge in [0.1, 0.15) is 5.78 Å². The van der Waals surface area contributed by atoms with Gasteiger partial charge in [-0.15, -0.1) is 0 Å². The van der Waals surface area contributed by atoms with Gasteiger partial charge in [0, 0.05) is 12.5 Å². The first-order chi connectivity index (χ1) is 8.24. The van der Waals surface area contributed by atoms with Gasteiger partial charge in [0.2, 0.25) is 0 Å². The molecule has 0 aromatic carbocycles. The standard InChI is InChI=1S/C15H29NO/c1-3-4-5-6-7-8-11-16-12-9-10-15(16)13-14(2)17/h15H,3-13H2,1-2H3. The monoisotopic (exact) mass is 239 g/mol. The molecule has 0 aromatic heterocycles. The number of carbonyl (C=O) groups is 1. The molecule has 2 nitrogen and oxygen atoms in total. The van der Waals surface area contributed by atoms with Gasteiger partial charge in [0.25, 0.3) is 0 Å². The zero-order valence-electron chi connectivity index (χ0n) is 11.7. The van der Waals surface area contributed by atoms with E-state index in [1.165, 1.54) is 64.5 Å². The Morgan fingerprint density at radius 3 is 2.59 bits per heavy atom. The van der Waals surface area contributed by atoms with Gasteiger partial charge >= 0.3 is 0 Å². The minimum absolute atomic E-state index is 0.352. The number of rotatable bonds is 9. The van der Waals surface area contributed by atoms with E-state index >= 15 is 0 Å². The minimum Gasteiger partial charge on any atom is -0.300 e. The Bertz CT molecular complexity index is 215. The lowest BCUT2D eigenvalue weighted by Crippen LogP contribution is -2.31. The predicted molar refractivity (Wildman–Crippen MR) is 73.3 cm³/mol. The van der Waals surface area contributed by atoms with E-state index in [4.69, 9.17) is 0 Å². The number of likely N-dealkylation sites (tertiary alicyclic amines) is 1. The van der Waals surface area contributed by atoms with Crippen molar-refractivity contribution in [2.24, 2.45) is 0 Å². The third-order valence-corrected chi connectivity index (χ3v) is 3.82. The number of hydrogen-bond donors (Lipinski definition) is 0. The number of hydrogen-bond acceptors (Lipinski definition) is 2. The molecule has 2 heteroatoms. The van der Waals surface area contributed by atoms with Gasteiger partial charge in [-0.25, -0.2) is 0 Å². The Balaban J connectivity index is 2.07. The Morgan fingerprint density at radius 2 is 1.88 bits per heavy atom. The molecule has 1 unspecified atom stereocenters. The maximum Gasteiger partial charge on any atom is 0.131 e. The van der Waals surface area contributed by atoms with Crippen LogP contribution in [0.25, 0.3) is 0 Å². The Kier molecular flexibility index (Phi) is 7.50. The molecule has 1 atom stereocenters. The fourth-order valence-corrected chi connectivity index (χ4v) is 2.85. The van der Waals surface area contributed by atoms with Crippen molar-refractivity contribution in [3.8, 4) is 0 Å². The molecule has 1 saturated heterocycles. The summed E-state index contributed by atoms with van der Waals surface area (Å²) >= 11 is 0. The SMILES string of the molecule is CCCCCCCCN1CCCC1CC(C)=O. The topological polar surface area (TPSA) is 20.3 Å². The van der Waals surface area contributed by atoms with E-state index in [9.17, 15) is 4.79 Å². The first-order valence-electron chi connectivity index (χ1n) is 7.47. The van der Waals surface area contributed by atoms with Crippen LogP contribution in [0, 0.1) is 0 Å². The van der Waals surface area contributed by atoms with Crippen LogP contribution in [0.1, 0.15) is 71.6 Å². The summed E-state index contributed by atoms with van der Waals surface area (Å²) < 4.78 is 0. The van der Waals surface area contributed by atoms with Gasteiger partial charge in [0.15, 0.2) is 0 Å². The molecule has 1 rings (SSSR count). The Labute approximate surface area is 107 Å². The van der Waals surface area contributed by atoms with Crippen LogP contribution in [0.2, 0.25) is 0 Å². The molecule has 1 aliphatic rings. The first kappa shape index (κ1) is 14.7. The molecule has 1 aliphatic heterocycles. The molecule has 0 aliphatic carbocycles. The molecule has 0 aromatic rings. The van der Waals surface area contributed by atoms with Gasteiger partial charge in [-0.3, -0.25) is 9.69 Å². The fraction of sp³-hybridized carbons (Fsp3) is 0.933. The summed E-state index contributed by atoms with van der Waals surface area (Å²) in [6.45, 7) is 6.41. The summed E-state index contributed by atoms with van der Waals surface area (Å²) in [5.41, 5.74) is 0. The molecule has 17 heavy (non-hydrogen) atoms. The van der Waals surface area contributed by atoms with E-state index in [1.54, 1.807) is 6.92 Å². The summed E-state index contributed by atoms with van der Waals surface area (Å²) in [7, 11) is 0. The van der Waals surface area contributed by atoms with Gasteiger partial charge in [0.05, 0.1) is 0 Å². The quantitative estimate of drug-likeness (QED) is 0.571. The van der Waals surface area contributed by atoms with Crippen LogP contribution in [0.4, 0.5) is 0 Å². The summed E-state index contributed by atoms with van der Waals surface area (Å²) in [5.74, 6) is 0.352. The van der Waals surface area contributed by atoms with Gasteiger partial charge in [-0.1, -0.05) is 39.0 Å². The van der Waals surface area contributed by atoms with Crippen LogP contribution in [-0.4, -0.2) is 29.8 Å². The first-order valence-corrected chi connectivity index (χ1v) is 7.47. The van der Waals surface area contributed by atoms with Gasteiger partial charge in [-0.2, -0.15) is 0 Å². The van der Waals surface area contributed by atoms with Crippen molar-refractivity contribution >= 4 is 5.78 Å². The highest BCUT2D eigenvalue weighted by Crippen LogP contribution is 2.21. The number of Topliss-reactive ketones (excluding diaryl/α,β-unsaturated/α-hetero) is 1. The smallest absolute Gasteiger partial charge is 0.131 e. The van der Waals surface area contributed by atoms with Crippen LogP contribution in [0.15, 0.2) is 0 Å². The zero-order valence-corrected chi connectivity index (χ0v) is 11.7. The molecule has 1 heterocycles. The van der Waals surface area contributed by atoms with Crippen LogP contribution < -0.4 is 0 Å². The second-order valence-corrected chi connectivity index (χ2v) is 5.51. The maximum atomic E-state index is 11.2. The summed E-state index contributed by atoms with van der Waals surface area (Å²) in [6.07, 6.45) is 11.5. The Morgan fingerprint density at radius 1 is 1.18 bits per heavy atom. The highest BCUT2D eigenvalue weighted by Gasteiger charge is 2.24. The number of ketones is 1. The molecular formula is C15H29NO. The summed E-state index contributed by atoms with van der Waals surface area (Å²) in [4.78, 5) is 13.7. The van der Waals surface area contributed by atoms with E-state index in [0.29, 0.717) is 11.8 Å². The molecule has 0 bridgehead atoms. The van der Waals surface area contributed by atoms with E-state index in [2.05, 4.69) is 11.8 Å². The van der Waals surface area contributed by atoms with E-state index in [-0.39, 0.29) is 0 Å². The van der Waals surface area contributed by atoms with Crippen LogP contribution in [0.3, 0.4) is 0 Å². The molecule has 1 fully saturated rings. The van der Waals surface area contributed by atoms with Gasteiger partial charge in [-0.05, 0) is 39.3 Å². The second-order valence-electron chi connectivity index (χ2n) is 5.51. The highest BCUT2D eigenvalue weighted by molar-refractivity contribution is 5.76. The maximum absolute atomic E-state index is 11.2. The minimum atomic E-state index is 0.352. The zero-order chi connectivity index (χ0) is 12.5. The van der Waals surface area contributed by atoms with E-state index < -0.39 is 0 Å². The lowest BCUT2D eigenvalue weighted by Gasteiger charge is -2.23. The molecule has 0 spiro atoms. The largest absolute Gasteiger partial charge is 0.300 e. The Hall–Kier alpha value is -0.370. The third kappa shape index (κ3) is 6.21. The average Bonchev–Trinajstić information content (AvgIpc) is 2.70. The highest BCUT2D eigenvalue weighted by atomic mass is 16.1. The van der Waals surface area contributed by atoms with Crippen LogP contribution in [0.5, 0.6) is 0 Å². The van der Waals surface area contributed by atoms with Crippen molar-refractivity contribution in [1.29, 1.82) is 0 Å². The van der Waals surface area contributed by atoms with E-state index in [0.717, 1.165) is 6.42 Å². The lowest BCUT2D eigenvalue weighted by molar-refractivity contribution is -0.118. The number of nitrogens with zero attached hydrogens (tertiary/aromatic N) is 1. The summed E-state index contributed by atoms with van der Waals surface area (Å²) in [5, 5.41) is 0. The van der Waals surface area contributed by atoms with Crippen molar-refractivity contribution in [3.63, 3.8) is 0 Å².